The molecule has 1 amide bonds. The molecule has 3 N–H and O–H groups in total. The molecule has 0 saturated carbocycles. The van der Waals surface area contributed by atoms with Gasteiger partial charge in [-0.3, -0.25) is 9.89 Å². The molecule has 1 unspecified atom stereocenters. The number of amides is 1. The Balaban J connectivity index is 2.47. The van der Waals surface area contributed by atoms with Crippen molar-refractivity contribution in [1.29, 1.82) is 0 Å². The molecule has 1 rings (SSSR count). The van der Waals surface area contributed by atoms with Gasteiger partial charge in [-0.25, -0.2) is 4.98 Å². The summed E-state index contributed by atoms with van der Waals surface area (Å²) in [4.78, 5) is 15.0. The third-order valence-corrected chi connectivity index (χ3v) is 1.55. The van der Waals surface area contributed by atoms with E-state index in [0.29, 0.717) is 0 Å². The van der Waals surface area contributed by atoms with Gasteiger partial charge in [-0.05, 0) is 0 Å². The van der Waals surface area contributed by atoms with Crippen LogP contribution in [0.4, 0.5) is 0 Å². The molecule has 0 spiro atoms. The Bertz CT molecular complexity index is 274. The molecule has 0 aliphatic heterocycles. The maximum absolute atomic E-state index is 11.3. The van der Waals surface area contributed by atoms with Gasteiger partial charge in [-0.1, -0.05) is 0 Å². The molecule has 1 atom stereocenters. The van der Waals surface area contributed by atoms with Crippen LogP contribution in [-0.2, 0) is 4.74 Å². The Kier molecular flexibility index (Phi) is 4.02. The van der Waals surface area contributed by atoms with E-state index in [1.165, 1.54) is 13.4 Å². The van der Waals surface area contributed by atoms with Crippen LogP contribution >= 0.6 is 0 Å². The summed E-state index contributed by atoms with van der Waals surface area (Å²) in [5.74, 6) is -0.307. The number of H-pyrrole nitrogens is 1. The van der Waals surface area contributed by atoms with Crippen molar-refractivity contribution < 1.29 is 14.6 Å². The lowest BCUT2D eigenvalue weighted by Crippen LogP contribution is -2.41. The molecule has 14 heavy (non-hydrogen) atoms. The van der Waals surface area contributed by atoms with Gasteiger partial charge in [0.05, 0.1) is 19.3 Å². The second kappa shape index (κ2) is 5.30. The molecular formula is C7H12N4O3. The highest BCUT2D eigenvalue weighted by Gasteiger charge is 2.14. The Morgan fingerprint density at radius 2 is 2.64 bits per heavy atom. The highest BCUT2D eigenvalue weighted by molar-refractivity contribution is 5.90. The largest absolute Gasteiger partial charge is 0.394 e. The number of aromatic nitrogens is 3. The molecule has 1 aromatic rings. The molecule has 0 radical (unpaired) electrons. The predicted octanol–water partition coefficient (Wildman–Crippen LogP) is -1.46. The number of methoxy groups -OCH3 is 1. The fraction of sp³-hybridized carbons (Fsp3) is 0.571. The van der Waals surface area contributed by atoms with Gasteiger partial charge in [0.2, 0.25) is 5.82 Å². The molecular weight excluding hydrogens is 188 g/mol. The first-order chi connectivity index (χ1) is 6.77. The topological polar surface area (TPSA) is 100 Å². The molecule has 7 heteroatoms. The van der Waals surface area contributed by atoms with Crippen LogP contribution in [0.25, 0.3) is 0 Å². The molecule has 0 aromatic carbocycles. The number of aliphatic hydroxyl groups excluding tert-OH is 1. The average Bonchev–Trinajstić information content (AvgIpc) is 2.69. The van der Waals surface area contributed by atoms with Gasteiger partial charge in [0.15, 0.2) is 0 Å². The minimum atomic E-state index is -0.433. The number of nitrogens with zero attached hydrogens (tertiary/aromatic N) is 2. The van der Waals surface area contributed by atoms with Crippen LogP contribution in [0, 0.1) is 0 Å². The van der Waals surface area contributed by atoms with Crippen molar-refractivity contribution >= 4 is 5.91 Å². The highest BCUT2D eigenvalue weighted by atomic mass is 16.5. The van der Waals surface area contributed by atoms with E-state index in [1.54, 1.807) is 0 Å². The van der Waals surface area contributed by atoms with E-state index < -0.39 is 11.9 Å². The normalized spacial score (nSPS) is 12.4. The van der Waals surface area contributed by atoms with Gasteiger partial charge in [0.1, 0.15) is 6.33 Å². The van der Waals surface area contributed by atoms with Crippen LogP contribution in [0.5, 0.6) is 0 Å². The summed E-state index contributed by atoms with van der Waals surface area (Å²) in [7, 11) is 1.49. The van der Waals surface area contributed by atoms with E-state index in [4.69, 9.17) is 9.84 Å². The Morgan fingerprint density at radius 3 is 3.14 bits per heavy atom. The van der Waals surface area contributed by atoms with E-state index in [9.17, 15) is 4.79 Å². The quantitative estimate of drug-likeness (QED) is 0.539. The van der Waals surface area contributed by atoms with E-state index in [-0.39, 0.29) is 19.0 Å². The number of nitrogens with one attached hydrogen (secondary N) is 2. The maximum atomic E-state index is 11.3. The van der Waals surface area contributed by atoms with Crippen molar-refractivity contribution in [3.05, 3.63) is 12.2 Å². The molecule has 0 saturated heterocycles. The number of ether oxygens (including phenoxy) is 1. The first-order valence-corrected chi connectivity index (χ1v) is 4.04. The standard InChI is InChI=1S/C7H12N4O3/c1-14-3-5(2-12)10-7(13)6-8-4-9-11-6/h4-5,12H,2-3H2,1H3,(H,10,13)(H,8,9,11). The number of hydrogen-bond acceptors (Lipinski definition) is 5. The monoisotopic (exact) mass is 200 g/mol. The highest BCUT2D eigenvalue weighted by Crippen LogP contribution is 1.89. The zero-order chi connectivity index (χ0) is 10.4. The van der Waals surface area contributed by atoms with Gasteiger partial charge in [0, 0.05) is 7.11 Å². The summed E-state index contributed by atoms with van der Waals surface area (Å²) in [5, 5.41) is 17.3. The Labute approximate surface area is 80.5 Å². The molecule has 0 fully saturated rings. The minimum absolute atomic E-state index is 0.111. The first-order valence-electron chi connectivity index (χ1n) is 4.04. The summed E-state index contributed by atoms with van der Waals surface area (Å²) in [6.45, 7) is 0.0596. The lowest BCUT2D eigenvalue weighted by atomic mass is 10.3. The zero-order valence-electron chi connectivity index (χ0n) is 7.73. The Hall–Kier alpha value is -1.47. The van der Waals surface area contributed by atoms with E-state index >= 15 is 0 Å². The van der Waals surface area contributed by atoms with Crippen LogP contribution in [-0.4, -0.2) is 52.6 Å². The van der Waals surface area contributed by atoms with Crippen LogP contribution in [0.1, 0.15) is 10.6 Å². The van der Waals surface area contributed by atoms with Gasteiger partial charge in [-0.2, -0.15) is 5.10 Å². The molecule has 1 heterocycles. The number of carbonyl (C=O) groups is 1. The van der Waals surface area contributed by atoms with Crippen LogP contribution < -0.4 is 5.32 Å². The number of hydrogen-bond donors (Lipinski definition) is 3. The molecule has 0 aliphatic carbocycles. The third kappa shape index (κ3) is 2.79. The number of aromatic amines is 1. The van der Waals surface area contributed by atoms with Gasteiger partial charge >= 0.3 is 0 Å². The number of rotatable bonds is 5. The van der Waals surface area contributed by atoms with Crippen molar-refractivity contribution in [3.8, 4) is 0 Å². The van der Waals surface area contributed by atoms with Crippen molar-refractivity contribution in [2.75, 3.05) is 20.3 Å². The second-order valence-corrected chi connectivity index (χ2v) is 2.64. The maximum Gasteiger partial charge on any atom is 0.288 e. The Morgan fingerprint density at radius 1 is 1.86 bits per heavy atom. The molecule has 7 nitrogen and oxygen atoms in total. The fourth-order valence-electron chi connectivity index (χ4n) is 0.910. The van der Waals surface area contributed by atoms with Crippen molar-refractivity contribution in [2.24, 2.45) is 0 Å². The van der Waals surface area contributed by atoms with Crippen molar-refractivity contribution in [2.45, 2.75) is 6.04 Å². The van der Waals surface area contributed by atoms with Gasteiger partial charge < -0.3 is 15.2 Å². The third-order valence-electron chi connectivity index (χ3n) is 1.55. The minimum Gasteiger partial charge on any atom is -0.394 e. The number of carbonyl (C=O) groups excluding carboxylic acids is 1. The molecule has 78 valence electrons. The second-order valence-electron chi connectivity index (χ2n) is 2.64. The van der Waals surface area contributed by atoms with Crippen molar-refractivity contribution in [3.63, 3.8) is 0 Å². The molecule has 1 aromatic heterocycles. The predicted molar refractivity (Wildman–Crippen MR) is 46.6 cm³/mol. The summed E-state index contributed by atoms with van der Waals surface area (Å²) < 4.78 is 4.79. The summed E-state index contributed by atoms with van der Waals surface area (Å²) in [6.07, 6.45) is 1.24. The smallest absolute Gasteiger partial charge is 0.288 e. The van der Waals surface area contributed by atoms with Crippen LogP contribution in [0.3, 0.4) is 0 Å². The molecule has 0 bridgehead atoms. The summed E-state index contributed by atoms with van der Waals surface area (Å²) in [6, 6.07) is -0.433. The lowest BCUT2D eigenvalue weighted by Gasteiger charge is -2.13. The van der Waals surface area contributed by atoms with Crippen LogP contribution in [0.2, 0.25) is 0 Å². The van der Waals surface area contributed by atoms with E-state index in [0.717, 1.165) is 0 Å². The van der Waals surface area contributed by atoms with Crippen molar-refractivity contribution in [1.82, 2.24) is 20.5 Å². The van der Waals surface area contributed by atoms with Gasteiger partial charge in [-0.15, -0.1) is 0 Å². The fourth-order valence-corrected chi connectivity index (χ4v) is 0.910. The van der Waals surface area contributed by atoms with E-state index in [1.807, 2.05) is 0 Å². The van der Waals surface area contributed by atoms with Crippen LogP contribution in [0.15, 0.2) is 6.33 Å². The molecule has 0 aliphatic rings. The zero-order valence-corrected chi connectivity index (χ0v) is 7.73. The number of aliphatic hydroxyl groups is 1. The SMILES string of the molecule is COCC(CO)NC(=O)c1ncn[nH]1. The average molecular weight is 200 g/mol. The first kappa shape index (κ1) is 10.6. The summed E-state index contributed by atoms with van der Waals surface area (Å²) in [5.41, 5.74) is 0. The van der Waals surface area contributed by atoms with E-state index in [2.05, 4.69) is 20.5 Å². The van der Waals surface area contributed by atoms with Gasteiger partial charge in [0.25, 0.3) is 5.91 Å². The lowest BCUT2D eigenvalue weighted by molar-refractivity contribution is 0.0830. The summed E-state index contributed by atoms with van der Waals surface area (Å²) >= 11 is 0.